The zero-order valence-electron chi connectivity index (χ0n) is 13.0. The number of furan rings is 1. The first kappa shape index (κ1) is 16.1. The number of carbonyl (C=O) groups excluding carboxylic acids is 2. The lowest BCUT2D eigenvalue weighted by atomic mass is 9.86. The van der Waals surface area contributed by atoms with Crippen LogP contribution in [0.5, 0.6) is 0 Å². The molecule has 1 amide bonds. The minimum absolute atomic E-state index is 0.0814. The summed E-state index contributed by atoms with van der Waals surface area (Å²) in [5, 5.41) is 2.62. The molecule has 1 aliphatic heterocycles. The molecule has 1 aromatic carbocycles. The number of aryl methyl sites for hydroxylation is 1. The van der Waals surface area contributed by atoms with Gasteiger partial charge in [-0.2, -0.15) is 0 Å². The first-order valence-corrected chi connectivity index (χ1v) is 7.85. The van der Waals surface area contributed by atoms with Gasteiger partial charge in [-0.05, 0) is 36.8 Å². The number of allylic oxidation sites excluding steroid dienone is 2. The van der Waals surface area contributed by atoms with Crippen molar-refractivity contribution in [1.82, 2.24) is 5.32 Å². The van der Waals surface area contributed by atoms with Crippen molar-refractivity contribution >= 4 is 35.0 Å². The summed E-state index contributed by atoms with van der Waals surface area (Å²) >= 11 is 5.22. The van der Waals surface area contributed by atoms with Gasteiger partial charge in [-0.1, -0.05) is 48.1 Å². The maximum Gasteiger partial charge on any atom is 0.259 e. The predicted molar refractivity (Wildman–Crippen MR) is 95.5 cm³/mol. The van der Waals surface area contributed by atoms with Gasteiger partial charge in [0.05, 0.1) is 22.7 Å². The molecule has 0 bridgehead atoms. The van der Waals surface area contributed by atoms with Crippen molar-refractivity contribution in [3.8, 4) is 0 Å². The molecule has 1 saturated heterocycles. The normalized spacial score (nSPS) is 20.0. The predicted octanol–water partition coefficient (Wildman–Crippen LogP) is 3.34. The van der Waals surface area contributed by atoms with Crippen molar-refractivity contribution in [2.75, 3.05) is 0 Å². The van der Waals surface area contributed by atoms with E-state index >= 15 is 0 Å². The lowest BCUT2D eigenvalue weighted by Gasteiger charge is -2.24. The lowest BCUT2D eigenvalue weighted by molar-refractivity contribution is -0.123. The van der Waals surface area contributed by atoms with Gasteiger partial charge in [-0.25, -0.2) is 0 Å². The number of hydrogen-bond donors (Lipinski definition) is 1. The van der Waals surface area contributed by atoms with Crippen molar-refractivity contribution < 1.29 is 14.0 Å². The van der Waals surface area contributed by atoms with Crippen LogP contribution in [0.2, 0.25) is 0 Å². The number of ketones is 1. The van der Waals surface area contributed by atoms with Gasteiger partial charge in [-0.15, -0.1) is 0 Å². The van der Waals surface area contributed by atoms with E-state index in [9.17, 15) is 9.59 Å². The summed E-state index contributed by atoms with van der Waals surface area (Å²) in [4.78, 5) is 25.1. The molecular weight excluding hydrogens is 322 g/mol. The molecule has 2 heterocycles. The zero-order chi connectivity index (χ0) is 17.1. The maximum atomic E-state index is 12.8. The second kappa shape index (κ2) is 6.76. The molecule has 120 valence electrons. The Hall–Kier alpha value is -2.79. The number of Topliss-reactive ketones (excluding diaryl/α,β-unsaturated/α-hetero) is 1. The number of thiocarbonyl (C=S) groups is 1. The van der Waals surface area contributed by atoms with Gasteiger partial charge < -0.3 is 9.73 Å². The highest BCUT2D eigenvalue weighted by molar-refractivity contribution is 7.80. The van der Waals surface area contributed by atoms with Gasteiger partial charge in [0, 0.05) is 0 Å². The molecule has 0 aliphatic carbocycles. The standard InChI is InChI=1S/C19H15NO3S/c1-12-5-2-6-13(11-12)16-17(21)15(18(22)20-19(16)24)9-3-7-14-8-4-10-23-14/h2-11,16H,1H3,(H,20,22,24)/b7-3+,15-9-. The van der Waals surface area contributed by atoms with Gasteiger partial charge in [-0.3, -0.25) is 9.59 Å². The molecule has 0 saturated carbocycles. The van der Waals surface area contributed by atoms with Crippen LogP contribution >= 0.6 is 12.2 Å². The van der Waals surface area contributed by atoms with E-state index in [-0.39, 0.29) is 16.3 Å². The van der Waals surface area contributed by atoms with Crippen molar-refractivity contribution in [3.05, 3.63) is 77.3 Å². The molecule has 1 aromatic heterocycles. The van der Waals surface area contributed by atoms with Gasteiger partial charge >= 0.3 is 0 Å². The fourth-order valence-corrected chi connectivity index (χ4v) is 2.91. The average Bonchev–Trinajstić information content (AvgIpc) is 3.03. The van der Waals surface area contributed by atoms with Crippen LogP contribution in [0.3, 0.4) is 0 Å². The van der Waals surface area contributed by atoms with E-state index in [0.29, 0.717) is 5.76 Å². The fourth-order valence-electron chi connectivity index (χ4n) is 2.57. The highest BCUT2D eigenvalue weighted by Gasteiger charge is 2.36. The van der Waals surface area contributed by atoms with E-state index in [1.807, 2.05) is 31.2 Å². The third kappa shape index (κ3) is 3.26. The molecule has 1 fully saturated rings. The van der Waals surface area contributed by atoms with Gasteiger partial charge in [0.15, 0.2) is 5.78 Å². The zero-order valence-corrected chi connectivity index (χ0v) is 13.8. The quantitative estimate of drug-likeness (QED) is 0.530. The second-order valence-corrected chi connectivity index (χ2v) is 5.92. The number of nitrogens with one attached hydrogen (secondary N) is 1. The third-order valence-electron chi connectivity index (χ3n) is 3.71. The summed E-state index contributed by atoms with van der Waals surface area (Å²) in [7, 11) is 0. The van der Waals surface area contributed by atoms with E-state index < -0.39 is 11.8 Å². The maximum absolute atomic E-state index is 12.8. The van der Waals surface area contributed by atoms with Crippen molar-refractivity contribution in [1.29, 1.82) is 0 Å². The molecule has 3 rings (SSSR count). The summed E-state index contributed by atoms with van der Waals surface area (Å²) in [6.07, 6.45) is 6.34. The van der Waals surface area contributed by atoms with Crippen LogP contribution in [-0.2, 0) is 9.59 Å². The van der Waals surface area contributed by atoms with E-state index in [1.165, 1.54) is 6.08 Å². The van der Waals surface area contributed by atoms with Crippen molar-refractivity contribution in [2.24, 2.45) is 0 Å². The van der Waals surface area contributed by atoms with Crippen LogP contribution in [0.4, 0.5) is 0 Å². The topological polar surface area (TPSA) is 59.3 Å². The monoisotopic (exact) mass is 337 g/mol. The average molecular weight is 337 g/mol. The number of carbonyl (C=O) groups is 2. The summed E-state index contributed by atoms with van der Waals surface area (Å²) in [5.41, 5.74) is 1.90. The number of piperidine rings is 1. The van der Waals surface area contributed by atoms with E-state index in [2.05, 4.69) is 5.32 Å². The molecule has 2 aromatic rings. The Morgan fingerprint density at radius 3 is 2.75 bits per heavy atom. The van der Waals surface area contributed by atoms with Gasteiger partial charge in [0.25, 0.3) is 5.91 Å². The summed E-state index contributed by atoms with van der Waals surface area (Å²) in [6, 6.07) is 11.1. The minimum atomic E-state index is -0.638. The van der Waals surface area contributed by atoms with Crippen LogP contribution in [0.25, 0.3) is 6.08 Å². The summed E-state index contributed by atoms with van der Waals surface area (Å²) < 4.78 is 5.17. The highest BCUT2D eigenvalue weighted by Crippen LogP contribution is 2.26. The summed E-state index contributed by atoms with van der Waals surface area (Å²) in [5.74, 6) is -0.765. The Balaban J connectivity index is 1.91. The van der Waals surface area contributed by atoms with E-state index in [0.717, 1.165) is 11.1 Å². The Kier molecular flexibility index (Phi) is 4.53. The van der Waals surface area contributed by atoms with Crippen molar-refractivity contribution in [3.63, 3.8) is 0 Å². The molecule has 1 N–H and O–H groups in total. The SMILES string of the molecule is Cc1cccc(C2C(=O)/C(=C/C=C/c3ccco3)C(=O)NC2=S)c1. The smallest absolute Gasteiger partial charge is 0.259 e. The first-order chi connectivity index (χ1) is 11.6. The minimum Gasteiger partial charge on any atom is -0.465 e. The first-order valence-electron chi connectivity index (χ1n) is 7.44. The molecular formula is C19H15NO3S. The Labute approximate surface area is 144 Å². The summed E-state index contributed by atoms with van der Waals surface area (Å²) in [6.45, 7) is 1.95. The van der Waals surface area contributed by atoms with Crippen LogP contribution in [0.1, 0.15) is 22.8 Å². The van der Waals surface area contributed by atoms with Crippen LogP contribution in [0.15, 0.2) is 64.8 Å². The lowest BCUT2D eigenvalue weighted by Crippen LogP contribution is -2.45. The molecule has 1 aliphatic rings. The van der Waals surface area contributed by atoms with Gasteiger partial charge in [0.2, 0.25) is 0 Å². The molecule has 4 nitrogen and oxygen atoms in total. The molecule has 0 spiro atoms. The Morgan fingerprint density at radius 2 is 2.04 bits per heavy atom. The number of benzene rings is 1. The molecule has 1 unspecified atom stereocenters. The van der Waals surface area contributed by atoms with Gasteiger partial charge in [0.1, 0.15) is 5.76 Å². The largest absolute Gasteiger partial charge is 0.465 e. The van der Waals surface area contributed by atoms with Crippen LogP contribution in [0, 0.1) is 6.92 Å². The molecule has 1 atom stereocenters. The molecule has 0 radical (unpaired) electrons. The second-order valence-electron chi connectivity index (χ2n) is 5.48. The van der Waals surface area contributed by atoms with Crippen LogP contribution < -0.4 is 5.32 Å². The highest BCUT2D eigenvalue weighted by atomic mass is 32.1. The number of hydrogen-bond acceptors (Lipinski definition) is 4. The van der Waals surface area contributed by atoms with E-state index in [4.69, 9.17) is 16.6 Å². The Morgan fingerprint density at radius 1 is 1.21 bits per heavy atom. The number of amides is 1. The van der Waals surface area contributed by atoms with E-state index in [1.54, 1.807) is 30.5 Å². The Bertz CT molecular complexity index is 862. The third-order valence-corrected chi connectivity index (χ3v) is 4.05. The van der Waals surface area contributed by atoms with Crippen molar-refractivity contribution in [2.45, 2.75) is 12.8 Å². The fraction of sp³-hybridized carbons (Fsp3) is 0.105. The van der Waals surface area contributed by atoms with Crippen LogP contribution in [-0.4, -0.2) is 16.7 Å². The molecule has 5 heteroatoms. The molecule has 24 heavy (non-hydrogen) atoms. The number of rotatable bonds is 3.